The van der Waals surface area contributed by atoms with Gasteiger partial charge in [-0.05, 0) is 37.5 Å². The van der Waals surface area contributed by atoms with Crippen molar-refractivity contribution in [1.29, 1.82) is 5.26 Å². The molecule has 0 amide bonds. The molecule has 0 radical (unpaired) electrons. The van der Waals surface area contributed by atoms with Crippen LogP contribution >= 0.6 is 0 Å². The van der Waals surface area contributed by atoms with Gasteiger partial charge in [-0.25, -0.2) is 4.98 Å². The summed E-state index contributed by atoms with van der Waals surface area (Å²) >= 11 is 0. The van der Waals surface area contributed by atoms with Crippen molar-refractivity contribution in [3.8, 4) is 6.07 Å². The summed E-state index contributed by atoms with van der Waals surface area (Å²) in [7, 11) is 2.00. The fraction of sp³-hybridized carbons (Fsp3) is 0.429. The monoisotopic (exact) mass is 240 g/mol. The minimum absolute atomic E-state index is 0.200. The minimum Gasteiger partial charge on any atom is -0.331 e. The molecule has 92 valence electrons. The van der Waals surface area contributed by atoms with Gasteiger partial charge < -0.3 is 10.3 Å². The number of aryl methyl sites for hydroxylation is 2. The molecule has 2 aromatic rings. The smallest absolute Gasteiger partial charge is 0.106 e. The van der Waals surface area contributed by atoms with E-state index < -0.39 is 0 Å². The van der Waals surface area contributed by atoms with Crippen molar-refractivity contribution in [3.05, 3.63) is 29.6 Å². The minimum atomic E-state index is -0.336. The van der Waals surface area contributed by atoms with Crippen LogP contribution in [0.3, 0.4) is 0 Å². The van der Waals surface area contributed by atoms with E-state index in [2.05, 4.69) is 15.6 Å². The van der Waals surface area contributed by atoms with Crippen molar-refractivity contribution in [1.82, 2.24) is 9.55 Å². The van der Waals surface area contributed by atoms with Gasteiger partial charge in [0.2, 0.25) is 0 Å². The quantitative estimate of drug-likeness (QED) is 0.874. The summed E-state index contributed by atoms with van der Waals surface area (Å²) in [5.41, 5.74) is 8.96. The summed E-state index contributed by atoms with van der Waals surface area (Å²) in [6, 6.07) is 8.24. The summed E-state index contributed by atoms with van der Waals surface area (Å²) in [4.78, 5) is 4.51. The normalized spacial score (nSPS) is 18.6. The van der Waals surface area contributed by atoms with Crippen molar-refractivity contribution in [2.24, 2.45) is 18.2 Å². The molecule has 1 aliphatic carbocycles. The van der Waals surface area contributed by atoms with Crippen LogP contribution in [0.15, 0.2) is 18.2 Å². The van der Waals surface area contributed by atoms with Crippen LogP contribution in [0.25, 0.3) is 11.0 Å². The Morgan fingerprint density at radius 2 is 2.22 bits per heavy atom. The molecular weight excluding hydrogens is 224 g/mol. The Balaban J connectivity index is 2.07. The highest BCUT2D eigenvalue weighted by molar-refractivity contribution is 5.77. The number of benzene rings is 1. The van der Waals surface area contributed by atoms with E-state index in [-0.39, 0.29) is 11.5 Å². The van der Waals surface area contributed by atoms with Crippen LogP contribution < -0.4 is 5.73 Å². The third-order valence-corrected chi connectivity index (χ3v) is 4.09. The molecule has 3 rings (SSSR count). The van der Waals surface area contributed by atoms with Crippen molar-refractivity contribution in [2.75, 3.05) is 0 Å². The number of hydrogen-bond donors (Lipinski definition) is 1. The van der Waals surface area contributed by atoms with Crippen LogP contribution in [-0.4, -0.2) is 9.55 Å². The number of nitrogens with two attached hydrogens (primary N) is 1. The molecule has 0 spiro atoms. The Hall–Kier alpha value is -1.86. The molecule has 4 nitrogen and oxygen atoms in total. The lowest BCUT2D eigenvalue weighted by atomic mass is 9.92. The summed E-state index contributed by atoms with van der Waals surface area (Å²) in [5, 5.41) is 9.20. The largest absolute Gasteiger partial charge is 0.331 e. The second-order valence-corrected chi connectivity index (χ2v) is 5.21. The van der Waals surface area contributed by atoms with E-state index in [4.69, 9.17) is 5.73 Å². The van der Waals surface area contributed by atoms with Gasteiger partial charge in [0.1, 0.15) is 5.82 Å². The summed E-state index contributed by atoms with van der Waals surface area (Å²) in [5.74, 6) is 0.983. The number of imidazole rings is 1. The lowest BCUT2D eigenvalue weighted by Crippen LogP contribution is -2.21. The fourth-order valence-corrected chi connectivity index (χ4v) is 2.48. The molecule has 4 heteroatoms. The maximum atomic E-state index is 9.20. The predicted molar refractivity (Wildman–Crippen MR) is 69.7 cm³/mol. The molecule has 18 heavy (non-hydrogen) atoms. The van der Waals surface area contributed by atoms with Crippen LogP contribution in [-0.2, 0) is 7.05 Å². The Morgan fingerprint density at radius 3 is 2.83 bits per heavy atom. The predicted octanol–water partition coefficient (Wildman–Crippen LogP) is 2.19. The highest BCUT2D eigenvalue weighted by Gasteiger charge is 2.49. The maximum absolute atomic E-state index is 9.20. The molecule has 1 aliphatic rings. The van der Waals surface area contributed by atoms with Gasteiger partial charge in [0.25, 0.3) is 0 Å². The summed E-state index contributed by atoms with van der Waals surface area (Å²) < 4.78 is 2.06. The number of nitrogens with zero attached hydrogens (tertiary/aromatic N) is 3. The van der Waals surface area contributed by atoms with Crippen molar-refractivity contribution < 1.29 is 0 Å². The molecule has 1 aromatic heterocycles. The first kappa shape index (κ1) is 11.2. The second kappa shape index (κ2) is 3.56. The van der Waals surface area contributed by atoms with Crippen LogP contribution in [0.4, 0.5) is 0 Å². The molecule has 1 saturated carbocycles. The number of hydrogen-bond acceptors (Lipinski definition) is 3. The number of rotatable bonds is 2. The third kappa shape index (κ3) is 1.44. The van der Waals surface area contributed by atoms with E-state index in [0.717, 1.165) is 35.3 Å². The first-order valence-corrected chi connectivity index (χ1v) is 6.17. The molecule has 0 saturated heterocycles. The lowest BCUT2D eigenvalue weighted by molar-refractivity contribution is 0.520. The molecular formula is C14H16N4. The summed E-state index contributed by atoms with van der Waals surface area (Å²) in [6.07, 6.45) is 1.81. The average Bonchev–Trinajstić information content (AvgIpc) is 3.12. The highest BCUT2D eigenvalue weighted by atomic mass is 15.0. The van der Waals surface area contributed by atoms with Gasteiger partial charge in [0, 0.05) is 13.1 Å². The van der Waals surface area contributed by atoms with Gasteiger partial charge in [-0.1, -0.05) is 6.07 Å². The number of aromatic nitrogens is 2. The van der Waals surface area contributed by atoms with E-state index in [0.29, 0.717) is 0 Å². The zero-order valence-corrected chi connectivity index (χ0v) is 10.6. The van der Waals surface area contributed by atoms with E-state index in [1.54, 1.807) is 0 Å². The van der Waals surface area contributed by atoms with Crippen molar-refractivity contribution in [2.45, 2.75) is 25.8 Å². The van der Waals surface area contributed by atoms with Crippen molar-refractivity contribution >= 4 is 11.0 Å². The zero-order valence-electron chi connectivity index (χ0n) is 10.6. The van der Waals surface area contributed by atoms with E-state index in [1.807, 2.05) is 32.2 Å². The molecule has 1 fully saturated rings. The van der Waals surface area contributed by atoms with Crippen LogP contribution in [0.5, 0.6) is 0 Å². The average molecular weight is 240 g/mol. The van der Waals surface area contributed by atoms with Gasteiger partial charge in [-0.3, -0.25) is 0 Å². The third-order valence-electron chi connectivity index (χ3n) is 4.09. The topological polar surface area (TPSA) is 67.6 Å². The van der Waals surface area contributed by atoms with Gasteiger partial charge >= 0.3 is 0 Å². The van der Waals surface area contributed by atoms with E-state index in [9.17, 15) is 5.26 Å². The summed E-state index contributed by atoms with van der Waals surface area (Å²) in [6.45, 7) is 1.98. The molecule has 2 N–H and O–H groups in total. The molecule has 1 atom stereocenters. The maximum Gasteiger partial charge on any atom is 0.106 e. The SMILES string of the molecule is Cc1nc2cc(C(N)C3(C#N)CC3)ccc2n1C. The molecule has 0 bridgehead atoms. The van der Waals surface area contributed by atoms with Gasteiger partial charge in [0.05, 0.1) is 22.5 Å². The Labute approximate surface area is 106 Å². The van der Waals surface area contributed by atoms with Crippen LogP contribution in [0.1, 0.15) is 30.3 Å². The van der Waals surface area contributed by atoms with E-state index in [1.165, 1.54) is 0 Å². The molecule has 1 heterocycles. The van der Waals surface area contributed by atoms with Gasteiger partial charge in [0.15, 0.2) is 0 Å². The van der Waals surface area contributed by atoms with Gasteiger partial charge in [-0.2, -0.15) is 5.26 Å². The Kier molecular flexibility index (Phi) is 2.23. The number of fused-ring (bicyclic) bond motifs is 1. The second-order valence-electron chi connectivity index (χ2n) is 5.21. The first-order valence-electron chi connectivity index (χ1n) is 6.17. The Morgan fingerprint density at radius 1 is 1.50 bits per heavy atom. The van der Waals surface area contributed by atoms with Gasteiger partial charge in [-0.15, -0.1) is 0 Å². The fourth-order valence-electron chi connectivity index (χ4n) is 2.48. The first-order chi connectivity index (χ1) is 8.57. The highest BCUT2D eigenvalue weighted by Crippen LogP contribution is 2.53. The zero-order chi connectivity index (χ0) is 12.9. The number of nitriles is 1. The van der Waals surface area contributed by atoms with Crippen LogP contribution in [0.2, 0.25) is 0 Å². The molecule has 1 aromatic carbocycles. The van der Waals surface area contributed by atoms with Crippen LogP contribution in [0, 0.1) is 23.7 Å². The lowest BCUT2D eigenvalue weighted by Gasteiger charge is -2.16. The van der Waals surface area contributed by atoms with E-state index >= 15 is 0 Å². The Bertz CT molecular complexity index is 658. The molecule has 0 aliphatic heterocycles. The standard InChI is InChI=1S/C14H16N4/c1-9-17-11-7-10(3-4-12(11)18(9)2)13(16)14(8-15)5-6-14/h3-4,7,13H,5-6,16H2,1-2H3. The molecule has 1 unspecified atom stereocenters. The van der Waals surface area contributed by atoms with Crippen molar-refractivity contribution in [3.63, 3.8) is 0 Å².